The van der Waals surface area contributed by atoms with Crippen molar-refractivity contribution in [3.63, 3.8) is 0 Å². The highest BCUT2D eigenvalue weighted by Gasteiger charge is 2.38. The molecule has 0 saturated heterocycles. The fourth-order valence-corrected chi connectivity index (χ4v) is 2.53. The molecule has 0 spiro atoms. The Labute approximate surface area is 157 Å². The molecule has 4 N–H and O–H groups in total. The summed E-state index contributed by atoms with van der Waals surface area (Å²) in [6, 6.07) is 4.30. The van der Waals surface area contributed by atoms with E-state index in [9.17, 15) is 26.3 Å². The summed E-state index contributed by atoms with van der Waals surface area (Å²) in [7, 11) is 0. The predicted molar refractivity (Wildman–Crippen MR) is 89.5 cm³/mol. The molecule has 156 valence electrons. The molecule has 2 unspecified atom stereocenters. The Kier molecular flexibility index (Phi) is 10.7. The summed E-state index contributed by atoms with van der Waals surface area (Å²) in [5, 5.41) is 9.76. The molecule has 0 aliphatic rings. The van der Waals surface area contributed by atoms with E-state index in [2.05, 4.69) is 5.32 Å². The number of carbonyl (C=O) groups is 1. The third-order valence-electron chi connectivity index (χ3n) is 3.44. The molecule has 1 rings (SSSR count). The summed E-state index contributed by atoms with van der Waals surface area (Å²) >= 11 is 5.78. The number of rotatable bonds is 7. The number of carboxylic acid groups (broad SMARTS) is 1. The first-order valence-corrected chi connectivity index (χ1v) is 8.15. The molecule has 4 nitrogen and oxygen atoms in total. The van der Waals surface area contributed by atoms with Crippen LogP contribution < -0.4 is 11.1 Å². The van der Waals surface area contributed by atoms with Crippen LogP contribution in [0.4, 0.5) is 26.3 Å². The van der Waals surface area contributed by atoms with Gasteiger partial charge in [-0.2, -0.15) is 13.2 Å². The van der Waals surface area contributed by atoms with E-state index >= 15 is 0 Å². The van der Waals surface area contributed by atoms with Gasteiger partial charge in [0.25, 0.3) is 6.43 Å². The molecular formula is C16H21ClF6N2O2. The molecular weight excluding hydrogens is 402 g/mol. The van der Waals surface area contributed by atoms with Gasteiger partial charge in [-0.25, -0.2) is 18.0 Å². The lowest BCUT2D eigenvalue weighted by Crippen LogP contribution is -2.42. The van der Waals surface area contributed by atoms with Gasteiger partial charge in [0.05, 0.1) is 11.6 Å². The lowest BCUT2D eigenvalue weighted by atomic mass is 9.82. The van der Waals surface area contributed by atoms with Crippen molar-refractivity contribution >= 4 is 17.6 Å². The van der Waals surface area contributed by atoms with E-state index < -0.39 is 37.0 Å². The lowest BCUT2D eigenvalue weighted by Gasteiger charge is -2.28. The van der Waals surface area contributed by atoms with Crippen LogP contribution in [0.5, 0.6) is 0 Å². The Morgan fingerprint density at radius 1 is 1.26 bits per heavy atom. The van der Waals surface area contributed by atoms with Crippen molar-refractivity contribution in [2.24, 2.45) is 11.7 Å². The fraction of sp³-hybridized carbons (Fsp3) is 0.562. The van der Waals surface area contributed by atoms with Gasteiger partial charge in [-0.1, -0.05) is 37.6 Å². The number of benzene rings is 1. The summed E-state index contributed by atoms with van der Waals surface area (Å²) < 4.78 is 70.0. The van der Waals surface area contributed by atoms with Crippen LogP contribution in [0.2, 0.25) is 5.02 Å². The molecule has 27 heavy (non-hydrogen) atoms. The first-order chi connectivity index (χ1) is 12.3. The van der Waals surface area contributed by atoms with E-state index in [1.165, 1.54) is 6.07 Å². The van der Waals surface area contributed by atoms with Crippen molar-refractivity contribution in [2.75, 3.05) is 13.1 Å². The minimum Gasteiger partial charge on any atom is -0.475 e. The molecule has 0 bridgehead atoms. The number of aliphatic carboxylic acids is 1. The average molecular weight is 423 g/mol. The number of nitrogens with two attached hydrogens (primary N) is 1. The van der Waals surface area contributed by atoms with Gasteiger partial charge in [-0.3, -0.25) is 0 Å². The van der Waals surface area contributed by atoms with Gasteiger partial charge in [0.2, 0.25) is 0 Å². The largest absolute Gasteiger partial charge is 0.490 e. The van der Waals surface area contributed by atoms with Gasteiger partial charge in [0, 0.05) is 18.5 Å². The molecule has 1 aromatic rings. The van der Waals surface area contributed by atoms with Crippen molar-refractivity contribution in [1.29, 1.82) is 0 Å². The Bertz CT molecular complexity index is 599. The van der Waals surface area contributed by atoms with E-state index in [1.54, 1.807) is 12.1 Å². The molecule has 11 heteroatoms. The van der Waals surface area contributed by atoms with Crippen LogP contribution in [0.3, 0.4) is 0 Å². The number of carboxylic acids is 1. The zero-order valence-corrected chi connectivity index (χ0v) is 15.3. The average Bonchev–Trinajstić information content (AvgIpc) is 2.50. The second kappa shape index (κ2) is 11.4. The normalized spacial score (nSPS) is 13.9. The quantitative estimate of drug-likeness (QED) is 0.580. The number of alkyl halides is 5. The minimum absolute atomic E-state index is 0.0425. The molecule has 0 fully saturated rings. The number of hydrogen-bond acceptors (Lipinski definition) is 3. The summed E-state index contributed by atoms with van der Waals surface area (Å²) in [5.74, 6) is -3.48. The molecule has 0 saturated carbocycles. The predicted octanol–water partition coefficient (Wildman–Crippen LogP) is 4.03. The van der Waals surface area contributed by atoms with Gasteiger partial charge >= 0.3 is 12.1 Å². The zero-order chi connectivity index (χ0) is 21.4. The van der Waals surface area contributed by atoms with Crippen LogP contribution >= 0.6 is 11.6 Å². The molecule has 2 atom stereocenters. The second-order valence-corrected chi connectivity index (χ2v) is 6.34. The van der Waals surface area contributed by atoms with Crippen LogP contribution in [0, 0.1) is 11.7 Å². The lowest BCUT2D eigenvalue weighted by molar-refractivity contribution is -0.192. The number of halogens is 7. The van der Waals surface area contributed by atoms with Crippen molar-refractivity contribution in [2.45, 2.75) is 38.4 Å². The van der Waals surface area contributed by atoms with Crippen LogP contribution in [0.1, 0.15) is 25.3 Å². The maximum atomic E-state index is 14.1. The third-order valence-corrected chi connectivity index (χ3v) is 3.73. The van der Waals surface area contributed by atoms with Gasteiger partial charge < -0.3 is 16.2 Å². The van der Waals surface area contributed by atoms with Crippen molar-refractivity contribution < 1.29 is 36.2 Å². The standard InChI is InChI=1S/C14H20ClF3N2.C2HF3O2/c1-8(2)13(11(19)6-20-7-12(16)17)9-4-3-5-10(15)14(9)18;3-2(4,5)1(6)7/h3-5,8,11-13,20H,6-7,19H2,1-2H3;(H,6,7). The Hall–Kier alpha value is -1.52. The highest BCUT2D eigenvalue weighted by molar-refractivity contribution is 6.30. The molecule has 0 aromatic heterocycles. The SMILES string of the molecule is CC(C)C(c1cccc(Cl)c1F)C(N)CNCC(F)F.O=C(O)C(F)(F)F. The van der Waals surface area contributed by atoms with E-state index in [-0.39, 0.29) is 23.4 Å². The van der Waals surface area contributed by atoms with Crippen molar-refractivity contribution in [3.8, 4) is 0 Å². The number of hydrogen-bond donors (Lipinski definition) is 3. The Morgan fingerprint density at radius 3 is 2.19 bits per heavy atom. The maximum Gasteiger partial charge on any atom is 0.490 e. The van der Waals surface area contributed by atoms with Crippen molar-refractivity contribution in [1.82, 2.24) is 5.32 Å². The molecule has 0 heterocycles. The maximum absolute atomic E-state index is 14.1. The Morgan fingerprint density at radius 2 is 1.78 bits per heavy atom. The highest BCUT2D eigenvalue weighted by atomic mass is 35.5. The smallest absolute Gasteiger partial charge is 0.475 e. The molecule has 1 aromatic carbocycles. The summed E-state index contributed by atoms with van der Waals surface area (Å²) in [4.78, 5) is 8.90. The summed E-state index contributed by atoms with van der Waals surface area (Å²) in [5.41, 5.74) is 6.47. The van der Waals surface area contributed by atoms with Crippen LogP contribution in [-0.4, -0.2) is 42.8 Å². The third kappa shape index (κ3) is 9.30. The Balaban J connectivity index is 0.000000821. The first-order valence-electron chi connectivity index (χ1n) is 7.77. The zero-order valence-electron chi connectivity index (χ0n) is 14.5. The summed E-state index contributed by atoms with van der Waals surface area (Å²) in [6.45, 7) is 3.60. The van der Waals surface area contributed by atoms with Gasteiger partial charge in [-0.05, 0) is 17.5 Å². The van der Waals surface area contributed by atoms with E-state index in [0.29, 0.717) is 5.56 Å². The van der Waals surface area contributed by atoms with Crippen molar-refractivity contribution in [3.05, 3.63) is 34.6 Å². The molecule has 0 radical (unpaired) electrons. The fourth-order valence-electron chi connectivity index (χ4n) is 2.35. The molecule has 0 amide bonds. The van der Waals surface area contributed by atoms with E-state index in [1.807, 2.05) is 13.8 Å². The van der Waals surface area contributed by atoms with E-state index in [0.717, 1.165) is 0 Å². The van der Waals surface area contributed by atoms with Crippen LogP contribution in [0.15, 0.2) is 18.2 Å². The highest BCUT2D eigenvalue weighted by Crippen LogP contribution is 2.31. The van der Waals surface area contributed by atoms with E-state index in [4.69, 9.17) is 27.2 Å². The van der Waals surface area contributed by atoms with Gasteiger partial charge in [0.15, 0.2) is 0 Å². The molecule has 0 aliphatic heterocycles. The van der Waals surface area contributed by atoms with Crippen LogP contribution in [-0.2, 0) is 4.79 Å². The first kappa shape index (κ1) is 25.5. The topological polar surface area (TPSA) is 75.3 Å². The number of nitrogens with one attached hydrogen (secondary N) is 1. The van der Waals surface area contributed by atoms with Crippen LogP contribution in [0.25, 0.3) is 0 Å². The second-order valence-electron chi connectivity index (χ2n) is 5.93. The molecule has 0 aliphatic carbocycles. The van der Waals surface area contributed by atoms with Gasteiger partial charge in [0.1, 0.15) is 5.82 Å². The minimum atomic E-state index is -5.08. The summed E-state index contributed by atoms with van der Waals surface area (Å²) in [6.07, 6.45) is -7.51. The monoisotopic (exact) mass is 422 g/mol. The van der Waals surface area contributed by atoms with Gasteiger partial charge in [-0.15, -0.1) is 0 Å².